The van der Waals surface area contributed by atoms with Crippen molar-refractivity contribution in [1.82, 2.24) is 4.98 Å². The second-order valence-electron chi connectivity index (χ2n) is 4.11. The Balaban J connectivity index is 2.16. The molecule has 88 valence electrons. The number of pyridine rings is 1. The molecule has 1 atom stereocenters. The maximum absolute atomic E-state index is 13.0. The van der Waals surface area contributed by atoms with Crippen molar-refractivity contribution in [3.63, 3.8) is 0 Å². The third-order valence-corrected chi connectivity index (χ3v) is 2.77. The average Bonchev–Trinajstić information content (AvgIpc) is 2.34. The molecule has 2 aromatic rings. The fourth-order valence-electron chi connectivity index (χ4n) is 1.76. The van der Waals surface area contributed by atoms with Crippen LogP contribution in [0, 0.1) is 12.7 Å². The van der Waals surface area contributed by atoms with Gasteiger partial charge in [-0.05, 0) is 55.3 Å². The first-order valence-electron chi connectivity index (χ1n) is 5.59. The van der Waals surface area contributed by atoms with Crippen LogP contribution < -0.4 is 5.32 Å². The van der Waals surface area contributed by atoms with Gasteiger partial charge in [-0.2, -0.15) is 0 Å². The molecule has 1 unspecified atom stereocenters. The summed E-state index contributed by atoms with van der Waals surface area (Å²) in [6, 6.07) is 8.87. The number of nitrogens with one attached hydrogen (secondary N) is 1. The Kier molecular flexibility index (Phi) is 3.38. The second-order valence-corrected chi connectivity index (χ2v) is 4.11. The van der Waals surface area contributed by atoms with Gasteiger partial charge in [-0.3, -0.25) is 4.98 Å². The van der Waals surface area contributed by atoms with Gasteiger partial charge < -0.3 is 5.32 Å². The van der Waals surface area contributed by atoms with E-state index in [1.807, 2.05) is 19.1 Å². The first kappa shape index (κ1) is 11.6. The molecule has 1 N–H and O–H groups in total. The molecular weight excluding hydrogens is 215 g/mol. The molecule has 0 aliphatic carbocycles. The number of aryl methyl sites for hydroxylation is 1. The Hall–Kier alpha value is -1.90. The molecule has 3 heteroatoms. The Bertz CT molecular complexity index is 497. The molecule has 0 aliphatic rings. The number of halogens is 1. The van der Waals surface area contributed by atoms with Crippen LogP contribution in [0.2, 0.25) is 0 Å². The zero-order valence-corrected chi connectivity index (χ0v) is 9.94. The van der Waals surface area contributed by atoms with Crippen LogP contribution in [0.25, 0.3) is 0 Å². The van der Waals surface area contributed by atoms with Crippen LogP contribution in [0.1, 0.15) is 24.1 Å². The monoisotopic (exact) mass is 230 g/mol. The quantitative estimate of drug-likeness (QED) is 0.869. The highest BCUT2D eigenvalue weighted by Gasteiger charge is 2.06. The second kappa shape index (κ2) is 4.95. The van der Waals surface area contributed by atoms with E-state index in [0.29, 0.717) is 0 Å². The molecule has 0 saturated heterocycles. The summed E-state index contributed by atoms with van der Waals surface area (Å²) in [5.41, 5.74) is 3.02. The lowest BCUT2D eigenvalue weighted by molar-refractivity contribution is 0.626. The number of hydrogen-bond acceptors (Lipinski definition) is 2. The molecule has 0 bridgehead atoms. The number of aromatic nitrogens is 1. The van der Waals surface area contributed by atoms with Crippen LogP contribution in [0.3, 0.4) is 0 Å². The summed E-state index contributed by atoms with van der Waals surface area (Å²) in [5.74, 6) is -0.204. The highest BCUT2D eigenvalue weighted by atomic mass is 19.1. The van der Waals surface area contributed by atoms with Gasteiger partial charge in [0, 0.05) is 24.1 Å². The molecule has 2 nitrogen and oxygen atoms in total. The minimum atomic E-state index is -0.204. The van der Waals surface area contributed by atoms with E-state index in [-0.39, 0.29) is 11.9 Å². The van der Waals surface area contributed by atoms with Crippen molar-refractivity contribution in [1.29, 1.82) is 0 Å². The summed E-state index contributed by atoms with van der Waals surface area (Å²) >= 11 is 0. The maximum atomic E-state index is 13.0. The number of nitrogens with zero attached hydrogens (tertiary/aromatic N) is 1. The molecule has 0 fully saturated rings. The van der Waals surface area contributed by atoms with E-state index in [0.717, 1.165) is 16.8 Å². The minimum absolute atomic E-state index is 0.169. The Morgan fingerprint density at radius 3 is 2.53 bits per heavy atom. The highest BCUT2D eigenvalue weighted by molar-refractivity contribution is 5.52. The largest absolute Gasteiger partial charge is 0.378 e. The van der Waals surface area contributed by atoms with Gasteiger partial charge in [-0.25, -0.2) is 4.39 Å². The van der Waals surface area contributed by atoms with Crippen molar-refractivity contribution in [2.24, 2.45) is 0 Å². The van der Waals surface area contributed by atoms with Crippen molar-refractivity contribution >= 4 is 5.69 Å². The van der Waals surface area contributed by atoms with E-state index in [4.69, 9.17) is 0 Å². The van der Waals surface area contributed by atoms with E-state index in [1.165, 1.54) is 12.1 Å². The van der Waals surface area contributed by atoms with Crippen molar-refractivity contribution in [3.8, 4) is 0 Å². The Labute approximate surface area is 101 Å². The molecule has 0 spiro atoms. The van der Waals surface area contributed by atoms with E-state index in [2.05, 4.69) is 17.2 Å². The minimum Gasteiger partial charge on any atom is -0.378 e. The molecule has 2 rings (SSSR count). The third kappa shape index (κ3) is 2.81. The summed E-state index contributed by atoms with van der Waals surface area (Å²) in [6.45, 7) is 3.96. The van der Waals surface area contributed by atoms with Crippen LogP contribution >= 0.6 is 0 Å². The van der Waals surface area contributed by atoms with Crippen LogP contribution in [0.5, 0.6) is 0 Å². The third-order valence-electron chi connectivity index (χ3n) is 2.77. The number of benzene rings is 1. The summed E-state index contributed by atoms with van der Waals surface area (Å²) in [6.07, 6.45) is 3.54. The number of anilines is 1. The molecule has 17 heavy (non-hydrogen) atoms. The normalized spacial score (nSPS) is 12.2. The van der Waals surface area contributed by atoms with E-state index in [1.54, 1.807) is 18.5 Å². The predicted molar refractivity (Wildman–Crippen MR) is 67.4 cm³/mol. The van der Waals surface area contributed by atoms with Gasteiger partial charge in [-0.15, -0.1) is 0 Å². The summed E-state index contributed by atoms with van der Waals surface area (Å²) in [7, 11) is 0. The lowest BCUT2D eigenvalue weighted by Crippen LogP contribution is -2.07. The molecular formula is C14H15FN2. The smallest absolute Gasteiger partial charge is 0.123 e. The van der Waals surface area contributed by atoms with Crippen molar-refractivity contribution in [3.05, 3.63) is 59.7 Å². The lowest BCUT2D eigenvalue weighted by atomic mass is 10.1. The predicted octanol–water partition coefficient (Wildman–Crippen LogP) is 3.70. The molecule has 0 radical (unpaired) electrons. The number of hydrogen-bond donors (Lipinski definition) is 1. The van der Waals surface area contributed by atoms with Gasteiger partial charge in [0.25, 0.3) is 0 Å². The van der Waals surface area contributed by atoms with Gasteiger partial charge >= 0.3 is 0 Å². The van der Waals surface area contributed by atoms with E-state index < -0.39 is 0 Å². The van der Waals surface area contributed by atoms with Crippen LogP contribution in [0.15, 0.2) is 42.7 Å². The summed E-state index contributed by atoms with van der Waals surface area (Å²) in [4.78, 5) is 3.99. The molecule has 0 saturated carbocycles. The molecule has 0 amide bonds. The fourth-order valence-corrected chi connectivity index (χ4v) is 1.76. The van der Waals surface area contributed by atoms with Crippen molar-refractivity contribution < 1.29 is 4.39 Å². The molecule has 1 aromatic carbocycles. The van der Waals surface area contributed by atoms with Crippen LogP contribution in [-0.2, 0) is 0 Å². The average molecular weight is 230 g/mol. The maximum Gasteiger partial charge on any atom is 0.123 e. The van der Waals surface area contributed by atoms with Crippen LogP contribution in [-0.4, -0.2) is 4.98 Å². The van der Waals surface area contributed by atoms with Gasteiger partial charge in [0.15, 0.2) is 0 Å². The van der Waals surface area contributed by atoms with E-state index in [9.17, 15) is 4.39 Å². The molecule has 1 aromatic heterocycles. The Morgan fingerprint density at radius 2 is 1.88 bits per heavy atom. The molecule has 1 heterocycles. The topological polar surface area (TPSA) is 24.9 Å². The van der Waals surface area contributed by atoms with E-state index >= 15 is 0 Å². The van der Waals surface area contributed by atoms with Gasteiger partial charge in [0.1, 0.15) is 5.82 Å². The zero-order valence-electron chi connectivity index (χ0n) is 9.94. The number of rotatable bonds is 3. The highest BCUT2D eigenvalue weighted by Crippen LogP contribution is 2.22. The summed E-state index contributed by atoms with van der Waals surface area (Å²) < 4.78 is 13.0. The van der Waals surface area contributed by atoms with Crippen molar-refractivity contribution in [2.45, 2.75) is 19.9 Å². The van der Waals surface area contributed by atoms with Crippen molar-refractivity contribution in [2.75, 3.05) is 5.32 Å². The van der Waals surface area contributed by atoms with Crippen LogP contribution in [0.4, 0.5) is 10.1 Å². The first-order valence-corrected chi connectivity index (χ1v) is 5.59. The Morgan fingerprint density at radius 1 is 1.18 bits per heavy atom. The van der Waals surface area contributed by atoms with Gasteiger partial charge in [0.05, 0.1) is 0 Å². The van der Waals surface area contributed by atoms with Gasteiger partial charge in [0.2, 0.25) is 0 Å². The standard InChI is InChI=1S/C14H15FN2/c1-10-9-13(15)3-4-14(10)17-11(2)12-5-7-16-8-6-12/h3-9,11,17H,1-2H3. The zero-order chi connectivity index (χ0) is 12.3. The first-order chi connectivity index (χ1) is 8.16. The lowest BCUT2D eigenvalue weighted by Gasteiger charge is -2.17. The van der Waals surface area contributed by atoms with Gasteiger partial charge in [-0.1, -0.05) is 0 Å². The SMILES string of the molecule is Cc1cc(F)ccc1NC(C)c1ccncc1. The fraction of sp³-hybridized carbons (Fsp3) is 0.214. The summed E-state index contributed by atoms with van der Waals surface area (Å²) in [5, 5.41) is 3.36. The molecule has 0 aliphatic heterocycles.